The van der Waals surface area contributed by atoms with Gasteiger partial charge in [0.2, 0.25) is 0 Å². The van der Waals surface area contributed by atoms with Gasteiger partial charge in [-0.25, -0.2) is 0 Å². The van der Waals surface area contributed by atoms with E-state index in [-0.39, 0.29) is 16.5 Å². The first-order valence-corrected chi connectivity index (χ1v) is 6.66. The molecule has 1 aromatic rings. The van der Waals surface area contributed by atoms with Gasteiger partial charge in [0.25, 0.3) is 5.91 Å². The number of carbonyl (C=O) groups excluding carboxylic acids is 1. The number of aromatic hydroxyl groups is 1. The van der Waals surface area contributed by atoms with Crippen molar-refractivity contribution >= 4 is 21.8 Å². The molecular formula is C13H18BrNO4. The lowest BCUT2D eigenvalue weighted by atomic mass is 10.1. The maximum atomic E-state index is 12.1. The third kappa shape index (κ3) is 4.40. The number of hydrogen-bond acceptors (Lipinski definition) is 4. The van der Waals surface area contributed by atoms with Crippen LogP contribution in [0.2, 0.25) is 0 Å². The van der Waals surface area contributed by atoms with Crippen molar-refractivity contribution in [2.24, 2.45) is 0 Å². The van der Waals surface area contributed by atoms with Crippen LogP contribution in [0.25, 0.3) is 0 Å². The lowest BCUT2D eigenvalue weighted by Gasteiger charge is -2.20. The first-order chi connectivity index (χ1) is 8.99. The van der Waals surface area contributed by atoms with Gasteiger partial charge in [-0.1, -0.05) is 15.9 Å². The van der Waals surface area contributed by atoms with Crippen LogP contribution in [-0.2, 0) is 4.74 Å². The number of phenols is 1. The van der Waals surface area contributed by atoms with Crippen LogP contribution in [0.5, 0.6) is 11.5 Å². The molecule has 0 heterocycles. The standard InChI is InChI=1S/C13H18BrNO4/c1-15(7-10(14)8-18-2)13(17)9-4-5-12(19-3)11(16)6-9/h4-6,10,16H,7-8H2,1-3H3. The van der Waals surface area contributed by atoms with Gasteiger partial charge in [0, 0.05) is 26.3 Å². The van der Waals surface area contributed by atoms with E-state index >= 15 is 0 Å². The molecule has 1 rings (SSSR count). The minimum absolute atomic E-state index is 0.0472. The van der Waals surface area contributed by atoms with Crippen LogP contribution in [0.15, 0.2) is 18.2 Å². The highest BCUT2D eigenvalue weighted by atomic mass is 79.9. The number of phenolic OH excluding ortho intramolecular Hbond substituents is 1. The number of halogens is 1. The second-order valence-electron chi connectivity index (χ2n) is 4.12. The van der Waals surface area contributed by atoms with Crippen molar-refractivity contribution in [2.75, 3.05) is 34.4 Å². The first-order valence-electron chi connectivity index (χ1n) is 5.75. The van der Waals surface area contributed by atoms with Crippen LogP contribution in [0, 0.1) is 0 Å². The van der Waals surface area contributed by atoms with Crippen LogP contribution in [0.1, 0.15) is 10.4 Å². The van der Waals surface area contributed by atoms with Gasteiger partial charge in [0.15, 0.2) is 11.5 Å². The maximum Gasteiger partial charge on any atom is 0.253 e. The first kappa shape index (κ1) is 15.8. The Balaban J connectivity index is 2.74. The summed E-state index contributed by atoms with van der Waals surface area (Å²) in [6.45, 7) is 1.03. The zero-order chi connectivity index (χ0) is 14.4. The number of benzene rings is 1. The van der Waals surface area contributed by atoms with Gasteiger partial charge in [-0.15, -0.1) is 0 Å². The van der Waals surface area contributed by atoms with E-state index in [0.29, 0.717) is 24.5 Å². The molecule has 0 aromatic heterocycles. The van der Waals surface area contributed by atoms with Gasteiger partial charge >= 0.3 is 0 Å². The minimum Gasteiger partial charge on any atom is -0.504 e. The summed E-state index contributed by atoms with van der Waals surface area (Å²) < 4.78 is 9.94. The zero-order valence-corrected chi connectivity index (χ0v) is 12.8. The summed E-state index contributed by atoms with van der Waals surface area (Å²) >= 11 is 3.43. The SMILES string of the molecule is COCC(Br)CN(C)C(=O)c1ccc(OC)c(O)c1. The van der Waals surface area contributed by atoms with Crippen LogP contribution in [0.4, 0.5) is 0 Å². The number of alkyl halides is 1. The number of methoxy groups -OCH3 is 2. The van der Waals surface area contributed by atoms with Crippen molar-refractivity contribution in [2.45, 2.75) is 4.83 Å². The quantitative estimate of drug-likeness (QED) is 0.808. The molecule has 19 heavy (non-hydrogen) atoms. The number of ether oxygens (including phenoxy) is 2. The van der Waals surface area contributed by atoms with Gasteiger partial charge in [-0.2, -0.15) is 0 Å². The molecule has 0 aliphatic carbocycles. The topological polar surface area (TPSA) is 59.0 Å². The molecule has 1 aromatic carbocycles. The van der Waals surface area contributed by atoms with Crippen LogP contribution in [-0.4, -0.2) is 55.2 Å². The lowest BCUT2D eigenvalue weighted by Crippen LogP contribution is -2.33. The fourth-order valence-corrected chi connectivity index (χ4v) is 2.36. The highest BCUT2D eigenvalue weighted by Gasteiger charge is 2.16. The van der Waals surface area contributed by atoms with Gasteiger partial charge in [0.05, 0.1) is 18.5 Å². The highest BCUT2D eigenvalue weighted by Crippen LogP contribution is 2.26. The van der Waals surface area contributed by atoms with Crippen molar-refractivity contribution in [3.63, 3.8) is 0 Å². The van der Waals surface area contributed by atoms with E-state index in [2.05, 4.69) is 15.9 Å². The number of carbonyl (C=O) groups is 1. The summed E-state index contributed by atoms with van der Waals surface area (Å²) in [7, 11) is 4.77. The smallest absolute Gasteiger partial charge is 0.253 e. The average molecular weight is 332 g/mol. The average Bonchev–Trinajstić information content (AvgIpc) is 2.37. The van der Waals surface area contributed by atoms with Crippen molar-refractivity contribution in [1.29, 1.82) is 0 Å². The van der Waals surface area contributed by atoms with E-state index in [0.717, 1.165) is 0 Å². The van der Waals surface area contributed by atoms with Crippen LogP contribution < -0.4 is 4.74 Å². The Hall–Kier alpha value is -1.27. The monoisotopic (exact) mass is 331 g/mol. The molecule has 0 aliphatic heterocycles. The maximum absolute atomic E-state index is 12.1. The van der Waals surface area contributed by atoms with E-state index in [1.165, 1.54) is 13.2 Å². The molecule has 6 heteroatoms. The predicted molar refractivity (Wildman–Crippen MR) is 76.2 cm³/mol. The molecule has 0 saturated heterocycles. The lowest BCUT2D eigenvalue weighted by molar-refractivity contribution is 0.0783. The molecule has 1 unspecified atom stereocenters. The van der Waals surface area contributed by atoms with E-state index in [4.69, 9.17) is 9.47 Å². The molecule has 0 aliphatic rings. The Morgan fingerprint density at radius 2 is 2.16 bits per heavy atom. The number of rotatable bonds is 6. The summed E-state index contributed by atoms with van der Waals surface area (Å²) in [5.74, 6) is 0.129. The van der Waals surface area contributed by atoms with Gasteiger partial charge in [0.1, 0.15) is 0 Å². The van der Waals surface area contributed by atoms with Crippen molar-refractivity contribution < 1.29 is 19.4 Å². The van der Waals surface area contributed by atoms with Gasteiger partial charge in [-0.05, 0) is 18.2 Å². The second-order valence-corrected chi connectivity index (χ2v) is 5.42. The largest absolute Gasteiger partial charge is 0.504 e. The third-order valence-electron chi connectivity index (χ3n) is 2.59. The Morgan fingerprint density at radius 1 is 1.47 bits per heavy atom. The molecule has 1 N–H and O–H groups in total. The van der Waals surface area contributed by atoms with E-state index < -0.39 is 0 Å². The molecule has 0 bridgehead atoms. The number of amides is 1. The third-order valence-corrected chi connectivity index (χ3v) is 3.15. The predicted octanol–water partition coefficient (Wildman–Crippen LogP) is 1.88. The summed E-state index contributed by atoms with van der Waals surface area (Å²) in [4.78, 5) is 13.8. The molecule has 1 amide bonds. The molecule has 0 spiro atoms. The molecular weight excluding hydrogens is 314 g/mol. The Morgan fingerprint density at radius 3 is 2.68 bits per heavy atom. The van der Waals surface area contributed by atoms with Gasteiger partial charge in [-0.3, -0.25) is 4.79 Å². The van der Waals surface area contributed by atoms with Crippen LogP contribution >= 0.6 is 15.9 Å². The fraction of sp³-hybridized carbons (Fsp3) is 0.462. The summed E-state index contributed by atoms with van der Waals surface area (Å²) in [6, 6.07) is 4.59. The molecule has 106 valence electrons. The Kier molecular flexibility index (Phi) is 6.11. The van der Waals surface area contributed by atoms with Crippen molar-refractivity contribution in [1.82, 2.24) is 4.90 Å². The number of nitrogens with zero attached hydrogens (tertiary/aromatic N) is 1. The molecule has 0 fully saturated rings. The normalized spacial score (nSPS) is 12.0. The van der Waals surface area contributed by atoms with E-state index in [1.54, 1.807) is 31.2 Å². The minimum atomic E-state index is -0.168. The summed E-state index contributed by atoms with van der Waals surface area (Å²) in [6.07, 6.45) is 0. The van der Waals surface area contributed by atoms with E-state index in [1.807, 2.05) is 0 Å². The van der Waals surface area contributed by atoms with Gasteiger partial charge < -0.3 is 19.5 Å². The zero-order valence-electron chi connectivity index (χ0n) is 11.2. The summed E-state index contributed by atoms with van der Waals surface area (Å²) in [5.41, 5.74) is 0.415. The number of hydrogen-bond donors (Lipinski definition) is 1. The molecule has 5 nitrogen and oxygen atoms in total. The fourth-order valence-electron chi connectivity index (χ4n) is 1.66. The van der Waals surface area contributed by atoms with Crippen LogP contribution in [0.3, 0.4) is 0 Å². The van der Waals surface area contributed by atoms with E-state index in [9.17, 15) is 9.90 Å². The molecule has 0 radical (unpaired) electrons. The highest BCUT2D eigenvalue weighted by molar-refractivity contribution is 9.09. The summed E-state index contributed by atoms with van der Waals surface area (Å²) in [5, 5.41) is 9.66. The molecule has 1 atom stereocenters. The Labute approximate surface area is 121 Å². The van der Waals surface area contributed by atoms with Crippen molar-refractivity contribution in [3.8, 4) is 11.5 Å². The molecule has 0 saturated carbocycles. The van der Waals surface area contributed by atoms with Crippen molar-refractivity contribution in [3.05, 3.63) is 23.8 Å². The Bertz CT molecular complexity index is 439. The second kappa shape index (κ2) is 7.35.